The Labute approximate surface area is 263 Å². The highest BCUT2D eigenvalue weighted by atomic mass is 16.5. The predicted molar refractivity (Wildman–Crippen MR) is 169 cm³/mol. The van der Waals surface area contributed by atoms with E-state index in [1.807, 2.05) is 13.0 Å². The van der Waals surface area contributed by atoms with Gasteiger partial charge in [0.05, 0.1) is 32.0 Å². The molecular formula is C36H38O9. The third-order valence-corrected chi connectivity index (χ3v) is 6.35. The highest BCUT2D eigenvalue weighted by molar-refractivity contribution is 5.97. The molecule has 0 bridgehead atoms. The van der Waals surface area contributed by atoms with Crippen LogP contribution in [-0.4, -0.2) is 50.1 Å². The molecule has 0 unspecified atom stereocenters. The Hall–Kier alpha value is -5.18. The van der Waals surface area contributed by atoms with Gasteiger partial charge in [-0.3, -0.25) is 4.79 Å². The number of aryl methyl sites for hydroxylation is 1. The summed E-state index contributed by atoms with van der Waals surface area (Å²) >= 11 is 0. The molecule has 0 atom stereocenters. The fourth-order valence-corrected chi connectivity index (χ4v) is 3.88. The molecule has 236 valence electrons. The normalized spacial score (nSPS) is 10.4. The number of hydrogen-bond donors (Lipinski definition) is 0. The summed E-state index contributed by atoms with van der Waals surface area (Å²) in [5.41, 5.74) is 3.11. The van der Waals surface area contributed by atoms with Crippen LogP contribution in [0.2, 0.25) is 0 Å². The minimum Gasteiger partial charge on any atom is -0.493 e. The van der Waals surface area contributed by atoms with E-state index in [2.05, 4.69) is 13.2 Å². The summed E-state index contributed by atoms with van der Waals surface area (Å²) in [6.45, 7) is 13.2. The SMILES string of the molecule is C=C(C)C(=O)OCCCOc1ccc(C(=O)Cc2ccc(OC(=O)c3ccc(OCCCOC(=O)C(=C)C)cc3)c(C)c2)cc1. The molecule has 9 nitrogen and oxygen atoms in total. The van der Waals surface area contributed by atoms with Crippen molar-refractivity contribution in [1.82, 2.24) is 0 Å². The zero-order chi connectivity index (χ0) is 32.8. The van der Waals surface area contributed by atoms with E-state index in [1.165, 1.54) is 0 Å². The molecule has 0 spiro atoms. The van der Waals surface area contributed by atoms with E-state index in [0.29, 0.717) is 65.6 Å². The van der Waals surface area contributed by atoms with Crippen LogP contribution in [0.25, 0.3) is 0 Å². The molecule has 0 aliphatic carbocycles. The maximum Gasteiger partial charge on any atom is 0.343 e. The van der Waals surface area contributed by atoms with Crippen LogP contribution >= 0.6 is 0 Å². The van der Waals surface area contributed by atoms with Gasteiger partial charge in [0.1, 0.15) is 17.2 Å². The van der Waals surface area contributed by atoms with Crippen LogP contribution in [0.15, 0.2) is 91.0 Å². The van der Waals surface area contributed by atoms with Crippen LogP contribution in [0.3, 0.4) is 0 Å². The number of ketones is 1. The Kier molecular flexibility index (Phi) is 13.1. The number of carbonyl (C=O) groups excluding carboxylic acids is 4. The maximum atomic E-state index is 12.9. The summed E-state index contributed by atoms with van der Waals surface area (Å²) in [5.74, 6) is 0.149. The minimum atomic E-state index is -0.518. The van der Waals surface area contributed by atoms with Crippen molar-refractivity contribution in [3.05, 3.63) is 113 Å². The van der Waals surface area contributed by atoms with E-state index < -0.39 is 17.9 Å². The van der Waals surface area contributed by atoms with E-state index >= 15 is 0 Å². The third kappa shape index (κ3) is 11.4. The summed E-state index contributed by atoms with van der Waals surface area (Å²) in [7, 11) is 0. The summed E-state index contributed by atoms with van der Waals surface area (Å²) in [5, 5.41) is 0. The molecule has 0 radical (unpaired) electrons. The highest BCUT2D eigenvalue weighted by Crippen LogP contribution is 2.23. The van der Waals surface area contributed by atoms with Crippen molar-refractivity contribution in [3.63, 3.8) is 0 Å². The van der Waals surface area contributed by atoms with Crippen LogP contribution in [0.5, 0.6) is 17.2 Å². The topological polar surface area (TPSA) is 114 Å². The summed E-state index contributed by atoms with van der Waals surface area (Å²) in [4.78, 5) is 48.3. The van der Waals surface area contributed by atoms with Crippen molar-refractivity contribution in [2.24, 2.45) is 0 Å². The largest absolute Gasteiger partial charge is 0.493 e. The second-order valence-corrected chi connectivity index (χ2v) is 10.4. The Balaban J connectivity index is 1.43. The van der Waals surface area contributed by atoms with Gasteiger partial charge in [0.2, 0.25) is 0 Å². The van der Waals surface area contributed by atoms with Crippen LogP contribution in [0.4, 0.5) is 0 Å². The fourth-order valence-electron chi connectivity index (χ4n) is 3.88. The summed E-state index contributed by atoms with van der Waals surface area (Å²) in [6.07, 6.45) is 1.23. The molecule has 0 saturated carbocycles. The van der Waals surface area contributed by atoms with Gasteiger partial charge in [-0.1, -0.05) is 25.3 Å². The highest BCUT2D eigenvalue weighted by Gasteiger charge is 2.13. The van der Waals surface area contributed by atoms with Gasteiger partial charge in [-0.15, -0.1) is 0 Å². The number of Topliss-reactive ketones (excluding diaryl/α,β-unsaturated/α-hetero) is 1. The van der Waals surface area contributed by atoms with Gasteiger partial charge >= 0.3 is 17.9 Å². The van der Waals surface area contributed by atoms with Crippen molar-refractivity contribution in [3.8, 4) is 17.2 Å². The number of esters is 3. The number of rotatable bonds is 17. The Morgan fingerprint density at radius 3 is 1.60 bits per heavy atom. The standard InChI is InChI=1S/C36H38O9/c1-24(2)34(38)43-20-6-18-41-30-13-9-28(10-14-30)32(37)23-27-8-17-33(26(5)22-27)45-36(40)29-11-15-31(16-12-29)42-19-7-21-44-35(39)25(3)4/h8-17,22H,1,3,6-7,18-21,23H2,2,4-5H3. The molecule has 0 N–H and O–H groups in total. The Morgan fingerprint density at radius 2 is 1.13 bits per heavy atom. The van der Waals surface area contributed by atoms with E-state index in [1.54, 1.807) is 74.5 Å². The van der Waals surface area contributed by atoms with E-state index in [-0.39, 0.29) is 25.4 Å². The first kappa shape index (κ1) is 34.3. The Morgan fingerprint density at radius 1 is 0.644 bits per heavy atom. The summed E-state index contributed by atoms with van der Waals surface area (Å²) < 4.78 is 26.9. The molecule has 0 fully saturated rings. The van der Waals surface area contributed by atoms with Crippen molar-refractivity contribution in [1.29, 1.82) is 0 Å². The van der Waals surface area contributed by atoms with E-state index in [0.717, 1.165) is 11.1 Å². The predicted octanol–water partition coefficient (Wildman–Crippen LogP) is 6.42. The first-order valence-electron chi connectivity index (χ1n) is 14.5. The molecule has 9 heteroatoms. The zero-order valence-electron chi connectivity index (χ0n) is 25.9. The second kappa shape index (κ2) is 17.2. The van der Waals surface area contributed by atoms with Gasteiger partial charge in [0.25, 0.3) is 0 Å². The molecule has 3 aromatic carbocycles. The Bertz CT molecular complexity index is 1520. The monoisotopic (exact) mass is 614 g/mol. The quantitative estimate of drug-likeness (QED) is 0.0559. The van der Waals surface area contributed by atoms with E-state index in [4.69, 9.17) is 23.7 Å². The first-order valence-corrected chi connectivity index (χ1v) is 14.5. The minimum absolute atomic E-state index is 0.0624. The van der Waals surface area contributed by atoms with Gasteiger partial charge < -0.3 is 23.7 Å². The fraction of sp³-hybridized carbons (Fsp3) is 0.278. The molecule has 0 saturated heterocycles. The van der Waals surface area contributed by atoms with Gasteiger partial charge in [-0.2, -0.15) is 0 Å². The van der Waals surface area contributed by atoms with Gasteiger partial charge in [0, 0.05) is 36.0 Å². The van der Waals surface area contributed by atoms with Crippen molar-refractivity contribution < 1.29 is 42.9 Å². The van der Waals surface area contributed by atoms with Gasteiger partial charge in [-0.05, 0) is 86.5 Å². The average molecular weight is 615 g/mol. The number of hydrogen-bond acceptors (Lipinski definition) is 9. The second-order valence-electron chi connectivity index (χ2n) is 10.4. The van der Waals surface area contributed by atoms with Crippen LogP contribution in [0.1, 0.15) is 58.5 Å². The molecule has 0 aliphatic rings. The summed E-state index contributed by atoms with van der Waals surface area (Å²) in [6, 6.07) is 18.7. The lowest BCUT2D eigenvalue weighted by Crippen LogP contribution is -2.10. The van der Waals surface area contributed by atoms with Crippen LogP contribution in [0, 0.1) is 6.92 Å². The van der Waals surface area contributed by atoms with Crippen molar-refractivity contribution in [2.75, 3.05) is 26.4 Å². The lowest BCUT2D eigenvalue weighted by atomic mass is 10.0. The molecule has 0 heterocycles. The van der Waals surface area contributed by atoms with Gasteiger partial charge in [-0.25, -0.2) is 14.4 Å². The molecule has 45 heavy (non-hydrogen) atoms. The smallest absolute Gasteiger partial charge is 0.343 e. The number of benzene rings is 3. The molecular weight excluding hydrogens is 576 g/mol. The lowest BCUT2D eigenvalue weighted by Gasteiger charge is -2.11. The first-order chi connectivity index (χ1) is 21.5. The maximum absolute atomic E-state index is 12.9. The number of ether oxygens (including phenoxy) is 5. The van der Waals surface area contributed by atoms with E-state index in [9.17, 15) is 19.2 Å². The zero-order valence-corrected chi connectivity index (χ0v) is 25.9. The van der Waals surface area contributed by atoms with Crippen LogP contribution in [-0.2, 0) is 25.5 Å². The lowest BCUT2D eigenvalue weighted by molar-refractivity contribution is -0.140. The van der Waals surface area contributed by atoms with Gasteiger partial charge in [0.15, 0.2) is 5.78 Å². The van der Waals surface area contributed by atoms with Crippen molar-refractivity contribution >= 4 is 23.7 Å². The number of carbonyl (C=O) groups is 4. The molecule has 0 aliphatic heterocycles. The molecule has 3 aromatic rings. The van der Waals surface area contributed by atoms with Crippen LogP contribution < -0.4 is 14.2 Å². The molecule has 0 aromatic heterocycles. The molecule has 0 amide bonds. The third-order valence-electron chi connectivity index (χ3n) is 6.35. The average Bonchev–Trinajstić information content (AvgIpc) is 3.02. The van der Waals surface area contributed by atoms with Crippen molar-refractivity contribution in [2.45, 2.75) is 40.0 Å². The molecule has 3 rings (SSSR count).